The third-order valence-electron chi connectivity index (χ3n) is 4.19. The molecule has 0 radical (unpaired) electrons. The largest absolute Gasteiger partial charge is 0.356 e. The van der Waals surface area contributed by atoms with Crippen LogP contribution in [0, 0.1) is 13.8 Å². The van der Waals surface area contributed by atoms with Crippen LogP contribution in [0.25, 0.3) is 5.65 Å². The van der Waals surface area contributed by atoms with Gasteiger partial charge < -0.3 is 10.6 Å². The van der Waals surface area contributed by atoms with Gasteiger partial charge in [-0.2, -0.15) is 5.10 Å². The molecule has 0 unspecified atom stereocenters. The SMILES string of the molecule is CN=C(NCCCn1nc(C)cc1C)NCCc1nnc2ccccn12. The van der Waals surface area contributed by atoms with E-state index in [0.717, 1.165) is 55.6 Å². The Morgan fingerprint density at radius 2 is 2.00 bits per heavy atom. The molecule has 3 rings (SSSR count). The number of aromatic nitrogens is 5. The third kappa shape index (κ3) is 4.38. The van der Waals surface area contributed by atoms with E-state index in [1.807, 2.05) is 40.4 Å². The molecule has 0 aliphatic rings. The monoisotopic (exact) mass is 354 g/mol. The van der Waals surface area contributed by atoms with Crippen molar-refractivity contribution in [3.63, 3.8) is 0 Å². The number of aryl methyl sites for hydroxylation is 3. The minimum absolute atomic E-state index is 0.743. The summed E-state index contributed by atoms with van der Waals surface area (Å²) in [6, 6.07) is 8.00. The highest BCUT2D eigenvalue weighted by Gasteiger charge is 2.05. The Labute approximate surface area is 153 Å². The van der Waals surface area contributed by atoms with Crippen LogP contribution in [0.15, 0.2) is 35.5 Å². The minimum Gasteiger partial charge on any atom is -0.356 e. The minimum atomic E-state index is 0.743. The van der Waals surface area contributed by atoms with Gasteiger partial charge in [-0.05, 0) is 38.5 Å². The number of rotatable bonds is 7. The van der Waals surface area contributed by atoms with Crippen LogP contribution in [0.1, 0.15) is 23.6 Å². The van der Waals surface area contributed by atoms with Gasteiger partial charge in [-0.15, -0.1) is 10.2 Å². The summed E-state index contributed by atoms with van der Waals surface area (Å²) < 4.78 is 4.05. The van der Waals surface area contributed by atoms with Crippen molar-refractivity contribution in [2.75, 3.05) is 20.1 Å². The maximum absolute atomic E-state index is 4.48. The highest BCUT2D eigenvalue weighted by molar-refractivity contribution is 5.79. The molecule has 0 saturated carbocycles. The molecule has 0 aromatic carbocycles. The molecule has 3 aromatic heterocycles. The molecule has 3 heterocycles. The molecule has 0 fully saturated rings. The Kier molecular flexibility index (Phi) is 5.83. The smallest absolute Gasteiger partial charge is 0.190 e. The first kappa shape index (κ1) is 17.9. The molecular formula is C18H26N8. The van der Waals surface area contributed by atoms with Gasteiger partial charge in [0.2, 0.25) is 0 Å². The van der Waals surface area contributed by atoms with Crippen LogP contribution in [0.2, 0.25) is 0 Å². The van der Waals surface area contributed by atoms with Gasteiger partial charge in [0.1, 0.15) is 5.82 Å². The molecule has 0 saturated heterocycles. The van der Waals surface area contributed by atoms with Crippen LogP contribution < -0.4 is 10.6 Å². The van der Waals surface area contributed by atoms with Crippen molar-refractivity contribution in [3.8, 4) is 0 Å². The van der Waals surface area contributed by atoms with E-state index in [-0.39, 0.29) is 0 Å². The Morgan fingerprint density at radius 3 is 2.77 bits per heavy atom. The predicted molar refractivity (Wildman–Crippen MR) is 102 cm³/mol. The second-order valence-electron chi connectivity index (χ2n) is 6.22. The number of hydrogen-bond donors (Lipinski definition) is 2. The molecular weight excluding hydrogens is 328 g/mol. The van der Waals surface area contributed by atoms with E-state index in [4.69, 9.17) is 0 Å². The van der Waals surface area contributed by atoms with E-state index < -0.39 is 0 Å². The molecule has 0 aliphatic carbocycles. The number of guanidine groups is 1. The first-order valence-electron chi connectivity index (χ1n) is 8.91. The predicted octanol–water partition coefficient (Wildman–Crippen LogP) is 1.34. The number of aliphatic imine (C=N–C) groups is 1. The fourth-order valence-corrected chi connectivity index (χ4v) is 2.91. The standard InChI is InChI=1S/C18H26N8/c1-14-13-15(2)26(24-14)12-6-9-20-18(19-3)21-10-8-17-23-22-16-7-4-5-11-25(16)17/h4-5,7,11,13H,6,8-10,12H2,1-3H3,(H2,19,20,21). The molecule has 3 aromatic rings. The van der Waals surface area contributed by atoms with Crippen molar-refractivity contribution < 1.29 is 0 Å². The molecule has 138 valence electrons. The zero-order valence-corrected chi connectivity index (χ0v) is 15.6. The summed E-state index contributed by atoms with van der Waals surface area (Å²) >= 11 is 0. The number of nitrogens with zero attached hydrogens (tertiary/aromatic N) is 6. The molecule has 0 atom stereocenters. The van der Waals surface area contributed by atoms with Gasteiger partial charge in [0.05, 0.1) is 5.69 Å². The van der Waals surface area contributed by atoms with Crippen molar-refractivity contribution in [2.45, 2.75) is 33.2 Å². The molecule has 0 spiro atoms. The maximum Gasteiger partial charge on any atom is 0.190 e. The lowest BCUT2D eigenvalue weighted by Gasteiger charge is -2.12. The molecule has 8 nitrogen and oxygen atoms in total. The first-order chi connectivity index (χ1) is 12.7. The van der Waals surface area contributed by atoms with Crippen LogP contribution in [-0.2, 0) is 13.0 Å². The normalized spacial score (nSPS) is 11.9. The quantitative estimate of drug-likeness (QED) is 0.380. The summed E-state index contributed by atoms with van der Waals surface area (Å²) in [5, 5.41) is 19.5. The molecule has 0 amide bonds. The summed E-state index contributed by atoms with van der Waals surface area (Å²) in [5.41, 5.74) is 3.13. The van der Waals surface area contributed by atoms with Gasteiger partial charge in [0.25, 0.3) is 0 Å². The number of hydrogen-bond acceptors (Lipinski definition) is 4. The van der Waals surface area contributed by atoms with Gasteiger partial charge in [-0.3, -0.25) is 14.1 Å². The van der Waals surface area contributed by atoms with Crippen molar-refractivity contribution in [3.05, 3.63) is 47.7 Å². The van der Waals surface area contributed by atoms with Crippen molar-refractivity contribution in [1.29, 1.82) is 0 Å². The van der Waals surface area contributed by atoms with Crippen molar-refractivity contribution in [1.82, 2.24) is 35.0 Å². The average Bonchev–Trinajstić information content (AvgIpc) is 3.19. The van der Waals surface area contributed by atoms with E-state index in [9.17, 15) is 0 Å². The average molecular weight is 354 g/mol. The fraction of sp³-hybridized carbons (Fsp3) is 0.444. The number of nitrogens with one attached hydrogen (secondary N) is 2. The lowest BCUT2D eigenvalue weighted by Crippen LogP contribution is -2.39. The van der Waals surface area contributed by atoms with Gasteiger partial charge in [0, 0.05) is 45.0 Å². The van der Waals surface area contributed by atoms with E-state index in [1.165, 1.54) is 5.69 Å². The van der Waals surface area contributed by atoms with Gasteiger partial charge in [-0.25, -0.2) is 0 Å². The Bertz CT molecular complexity index is 876. The van der Waals surface area contributed by atoms with Crippen LogP contribution in [0.3, 0.4) is 0 Å². The van der Waals surface area contributed by atoms with Crippen molar-refractivity contribution in [2.24, 2.45) is 4.99 Å². The number of fused-ring (bicyclic) bond motifs is 1. The van der Waals surface area contributed by atoms with Crippen LogP contribution >= 0.6 is 0 Å². The Morgan fingerprint density at radius 1 is 1.15 bits per heavy atom. The second-order valence-corrected chi connectivity index (χ2v) is 6.22. The summed E-state index contributed by atoms with van der Waals surface area (Å²) in [7, 11) is 1.78. The topological polar surface area (TPSA) is 84.4 Å². The highest BCUT2D eigenvalue weighted by atomic mass is 15.3. The number of pyridine rings is 1. The van der Waals surface area contributed by atoms with Crippen LogP contribution in [0.4, 0.5) is 0 Å². The zero-order chi connectivity index (χ0) is 18.4. The summed E-state index contributed by atoms with van der Waals surface area (Å²) in [6.45, 7) is 6.59. The van der Waals surface area contributed by atoms with Crippen LogP contribution in [0.5, 0.6) is 0 Å². The first-order valence-corrected chi connectivity index (χ1v) is 8.91. The van der Waals surface area contributed by atoms with Gasteiger partial charge in [-0.1, -0.05) is 6.07 Å². The Hall–Kier alpha value is -2.90. The summed E-state index contributed by atoms with van der Waals surface area (Å²) in [6.07, 6.45) is 3.74. The van der Waals surface area contributed by atoms with Gasteiger partial charge >= 0.3 is 0 Å². The summed E-state index contributed by atoms with van der Waals surface area (Å²) in [5.74, 6) is 1.74. The molecule has 0 bridgehead atoms. The van der Waals surface area contributed by atoms with Gasteiger partial charge in [0.15, 0.2) is 11.6 Å². The zero-order valence-electron chi connectivity index (χ0n) is 15.6. The third-order valence-corrected chi connectivity index (χ3v) is 4.19. The lowest BCUT2D eigenvalue weighted by molar-refractivity contribution is 0.555. The maximum atomic E-state index is 4.48. The highest BCUT2D eigenvalue weighted by Crippen LogP contribution is 2.03. The fourth-order valence-electron chi connectivity index (χ4n) is 2.91. The van der Waals surface area contributed by atoms with E-state index in [1.54, 1.807) is 7.05 Å². The van der Waals surface area contributed by atoms with Crippen LogP contribution in [-0.4, -0.2) is 50.5 Å². The Balaban J connectivity index is 1.40. The molecule has 0 aliphatic heterocycles. The second kappa shape index (κ2) is 8.46. The van der Waals surface area contributed by atoms with E-state index >= 15 is 0 Å². The molecule has 8 heteroatoms. The lowest BCUT2D eigenvalue weighted by atomic mass is 10.3. The van der Waals surface area contributed by atoms with E-state index in [2.05, 4.69) is 43.9 Å². The van der Waals surface area contributed by atoms with Crippen molar-refractivity contribution >= 4 is 11.6 Å². The van der Waals surface area contributed by atoms with E-state index in [0.29, 0.717) is 0 Å². The molecule has 2 N–H and O–H groups in total. The summed E-state index contributed by atoms with van der Waals surface area (Å²) in [4.78, 5) is 4.26. The molecule has 26 heavy (non-hydrogen) atoms.